The van der Waals surface area contributed by atoms with Crippen LogP contribution < -0.4 is 10.1 Å². The molecule has 1 N–H and O–H groups in total. The van der Waals surface area contributed by atoms with Gasteiger partial charge < -0.3 is 15.0 Å². The van der Waals surface area contributed by atoms with Crippen molar-refractivity contribution in [3.8, 4) is 5.75 Å². The van der Waals surface area contributed by atoms with E-state index in [0.29, 0.717) is 38.1 Å². The maximum absolute atomic E-state index is 12.5. The quantitative estimate of drug-likeness (QED) is 0.630. The van der Waals surface area contributed by atoms with Gasteiger partial charge in [-0.3, -0.25) is 9.59 Å². The van der Waals surface area contributed by atoms with E-state index in [2.05, 4.69) is 38.2 Å². The van der Waals surface area contributed by atoms with Crippen LogP contribution in [0.25, 0.3) is 0 Å². The monoisotopic (exact) mass is 436 g/mol. The summed E-state index contributed by atoms with van der Waals surface area (Å²) in [6.07, 6.45) is 2.77. The maximum atomic E-state index is 12.5. The van der Waals surface area contributed by atoms with Gasteiger partial charge in [0, 0.05) is 31.1 Å². The molecule has 5 nitrogen and oxygen atoms in total. The van der Waals surface area contributed by atoms with E-state index in [4.69, 9.17) is 4.74 Å². The van der Waals surface area contributed by atoms with Gasteiger partial charge in [0.1, 0.15) is 5.75 Å². The maximum Gasteiger partial charge on any atom is 0.251 e. The molecule has 0 aliphatic carbocycles. The van der Waals surface area contributed by atoms with Gasteiger partial charge in [-0.1, -0.05) is 50.6 Å². The number of hydrogen-bond acceptors (Lipinski definition) is 3. The Morgan fingerprint density at radius 1 is 1.06 bits per heavy atom. The number of nitrogens with one attached hydrogen (secondary N) is 1. The van der Waals surface area contributed by atoms with Crippen LogP contribution >= 0.6 is 0 Å². The molecule has 5 heteroatoms. The molecular weight excluding hydrogens is 400 g/mol. The Labute approximate surface area is 192 Å². The van der Waals surface area contributed by atoms with Crippen LogP contribution in [-0.2, 0) is 10.2 Å². The molecule has 1 aliphatic rings. The van der Waals surface area contributed by atoms with E-state index in [1.54, 1.807) is 0 Å². The molecule has 1 saturated heterocycles. The Balaban J connectivity index is 1.34. The summed E-state index contributed by atoms with van der Waals surface area (Å²) in [5.74, 6) is 0.974. The Kier molecular flexibility index (Phi) is 7.94. The average molecular weight is 437 g/mol. The number of rotatable bonds is 7. The summed E-state index contributed by atoms with van der Waals surface area (Å²) >= 11 is 0. The van der Waals surface area contributed by atoms with E-state index >= 15 is 0 Å². The van der Waals surface area contributed by atoms with E-state index in [0.717, 1.165) is 24.2 Å². The normalized spacial score (nSPS) is 14.8. The molecule has 32 heavy (non-hydrogen) atoms. The van der Waals surface area contributed by atoms with Gasteiger partial charge >= 0.3 is 0 Å². The minimum absolute atomic E-state index is 0.0360. The number of carbonyl (C=O) groups excluding carboxylic acids is 2. The predicted molar refractivity (Wildman–Crippen MR) is 128 cm³/mol. The van der Waals surface area contributed by atoms with Crippen molar-refractivity contribution in [2.45, 2.75) is 64.8 Å². The molecule has 0 saturated carbocycles. The lowest BCUT2D eigenvalue weighted by molar-refractivity contribution is -0.132. The van der Waals surface area contributed by atoms with Gasteiger partial charge in [-0.25, -0.2) is 0 Å². The topological polar surface area (TPSA) is 58.6 Å². The van der Waals surface area contributed by atoms with Crippen LogP contribution in [-0.4, -0.2) is 42.5 Å². The van der Waals surface area contributed by atoms with E-state index in [9.17, 15) is 9.59 Å². The summed E-state index contributed by atoms with van der Waals surface area (Å²) in [7, 11) is 0. The fourth-order valence-corrected chi connectivity index (χ4v) is 3.95. The van der Waals surface area contributed by atoms with Crippen LogP contribution in [0.2, 0.25) is 0 Å². The fraction of sp³-hybridized carbons (Fsp3) is 0.481. The van der Waals surface area contributed by atoms with Gasteiger partial charge in [-0.05, 0) is 61.4 Å². The Morgan fingerprint density at radius 3 is 2.38 bits per heavy atom. The molecular formula is C27H36N2O3. The lowest BCUT2D eigenvalue weighted by Gasteiger charge is -2.32. The third-order valence-electron chi connectivity index (χ3n) is 5.99. The number of hydrogen-bond donors (Lipinski definition) is 1. The van der Waals surface area contributed by atoms with Crippen molar-refractivity contribution in [1.82, 2.24) is 10.2 Å². The van der Waals surface area contributed by atoms with Crippen LogP contribution in [0.5, 0.6) is 5.75 Å². The van der Waals surface area contributed by atoms with Crippen molar-refractivity contribution >= 4 is 11.8 Å². The van der Waals surface area contributed by atoms with Crippen molar-refractivity contribution in [3.63, 3.8) is 0 Å². The second-order valence-electron chi connectivity index (χ2n) is 9.72. The molecule has 0 spiro atoms. The zero-order chi connectivity index (χ0) is 23.1. The predicted octanol–water partition coefficient (Wildman–Crippen LogP) is 4.87. The number of benzene rings is 2. The molecule has 0 bridgehead atoms. The van der Waals surface area contributed by atoms with Crippen molar-refractivity contribution in [1.29, 1.82) is 0 Å². The van der Waals surface area contributed by atoms with Crippen molar-refractivity contribution in [2.75, 3.05) is 19.7 Å². The minimum atomic E-state index is -0.0360. The molecule has 1 heterocycles. The second kappa shape index (κ2) is 10.7. The zero-order valence-corrected chi connectivity index (χ0v) is 19.8. The number of piperidine rings is 1. The third-order valence-corrected chi connectivity index (χ3v) is 5.99. The molecule has 1 aliphatic heterocycles. The summed E-state index contributed by atoms with van der Waals surface area (Å²) in [6, 6.07) is 15.9. The number of aryl methyl sites for hydroxylation is 1. The SMILES string of the molecule is Cc1cccc(C(=O)NC2CCN(C(=O)CCCOc3ccc(C(C)(C)C)cc3)CC2)c1. The van der Waals surface area contributed by atoms with Gasteiger partial charge in [-0.2, -0.15) is 0 Å². The first kappa shape index (κ1) is 23.8. The highest BCUT2D eigenvalue weighted by molar-refractivity contribution is 5.94. The number of ether oxygens (including phenoxy) is 1. The van der Waals surface area contributed by atoms with Gasteiger partial charge in [0.15, 0.2) is 0 Å². The average Bonchev–Trinajstić information content (AvgIpc) is 2.77. The molecule has 3 rings (SSSR count). The van der Waals surface area contributed by atoms with E-state index < -0.39 is 0 Å². The minimum Gasteiger partial charge on any atom is -0.494 e. The van der Waals surface area contributed by atoms with Gasteiger partial charge in [0.05, 0.1) is 6.61 Å². The van der Waals surface area contributed by atoms with Crippen molar-refractivity contribution in [3.05, 3.63) is 65.2 Å². The first-order valence-corrected chi connectivity index (χ1v) is 11.6. The number of likely N-dealkylation sites (tertiary alicyclic amines) is 1. The van der Waals surface area contributed by atoms with Gasteiger partial charge in [0.25, 0.3) is 5.91 Å². The van der Waals surface area contributed by atoms with Crippen molar-refractivity contribution in [2.24, 2.45) is 0 Å². The van der Waals surface area contributed by atoms with Crippen LogP contribution in [0, 0.1) is 6.92 Å². The first-order chi connectivity index (χ1) is 15.2. The van der Waals surface area contributed by atoms with Crippen LogP contribution in [0.4, 0.5) is 0 Å². The molecule has 0 unspecified atom stereocenters. The lowest BCUT2D eigenvalue weighted by Crippen LogP contribution is -2.46. The summed E-state index contributed by atoms with van der Waals surface area (Å²) in [5, 5.41) is 3.11. The van der Waals surface area contributed by atoms with E-state index in [1.807, 2.05) is 48.2 Å². The summed E-state index contributed by atoms with van der Waals surface area (Å²) in [5.41, 5.74) is 3.17. The highest BCUT2D eigenvalue weighted by atomic mass is 16.5. The molecule has 0 atom stereocenters. The largest absolute Gasteiger partial charge is 0.494 e. The van der Waals surface area contributed by atoms with Gasteiger partial charge in [-0.15, -0.1) is 0 Å². The third kappa shape index (κ3) is 6.84. The molecule has 0 aromatic heterocycles. The second-order valence-corrected chi connectivity index (χ2v) is 9.72. The lowest BCUT2D eigenvalue weighted by atomic mass is 9.87. The van der Waals surface area contributed by atoms with E-state index in [1.165, 1.54) is 5.56 Å². The molecule has 2 amide bonds. The fourth-order valence-electron chi connectivity index (χ4n) is 3.95. The number of carbonyl (C=O) groups is 2. The highest BCUT2D eigenvalue weighted by Gasteiger charge is 2.24. The Morgan fingerprint density at radius 2 is 1.75 bits per heavy atom. The number of amides is 2. The zero-order valence-electron chi connectivity index (χ0n) is 19.8. The molecule has 1 fully saturated rings. The first-order valence-electron chi connectivity index (χ1n) is 11.6. The van der Waals surface area contributed by atoms with Gasteiger partial charge in [0.2, 0.25) is 5.91 Å². The molecule has 2 aromatic carbocycles. The van der Waals surface area contributed by atoms with Crippen LogP contribution in [0.3, 0.4) is 0 Å². The number of nitrogens with zero attached hydrogens (tertiary/aromatic N) is 1. The molecule has 0 radical (unpaired) electrons. The Hall–Kier alpha value is -2.82. The summed E-state index contributed by atoms with van der Waals surface area (Å²) in [6.45, 7) is 10.5. The highest BCUT2D eigenvalue weighted by Crippen LogP contribution is 2.24. The van der Waals surface area contributed by atoms with Crippen LogP contribution in [0.1, 0.15) is 67.9 Å². The summed E-state index contributed by atoms with van der Waals surface area (Å²) < 4.78 is 5.80. The van der Waals surface area contributed by atoms with Crippen LogP contribution in [0.15, 0.2) is 48.5 Å². The molecule has 2 aromatic rings. The Bertz CT molecular complexity index is 907. The smallest absolute Gasteiger partial charge is 0.251 e. The summed E-state index contributed by atoms with van der Waals surface area (Å²) in [4.78, 5) is 26.9. The van der Waals surface area contributed by atoms with E-state index in [-0.39, 0.29) is 23.3 Å². The standard InChI is InChI=1S/C27H36N2O3/c1-20-7-5-8-21(19-20)26(31)28-23-14-16-29(17-15-23)25(30)9-6-18-32-24-12-10-22(11-13-24)27(2,3)4/h5,7-8,10-13,19,23H,6,9,14-18H2,1-4H3,(H,28,31). The van der Waals surface area contributed by atoms with Crippen molar-refractivity contribution < 1.29 is 14.3 Å². The molecule has 172 valence electrons.